The van der Waals surface area contributed by atoms with Crippen LogP contribution in [0.1, 0.15) is 54.9 Å². The van der Waals surface area contributed by atoms with Gasteiger partial charge in [0.15, 0.2) is 0 Å². The summed E-state index contributed by atoms with van der Waals surface area (Å²) in [5.41, 5.74) is 1.90. The number of aliphatic hydroxyl groups is 1. The Labute approximate surface area is 115 Å². The predicted octanol–water partition coefficient (Wildman–Crippen LogP) is 2.67. The molecule has 1 aromatic carbocycles. The summed E-state index contributed by atoms with van der Waals surface area (Å²) in [7, 11) is 0. The molecule has 1 fully saturated rings. The summed E-state index contributed by atoms with van der Waals surface area (Å²) >= 11 is 0. The number of hydrogen-bond acceptors (Lipinski definition) is 2. The monoisotopic (exact) mass is 261 g/mol. The molecule has 2 atom stereocenters. The van der Waals surface area contributed by atoms with Crippen molar-refractivity contribution in [2.75, 3.05) is 0 Å². The largest absolute Gasteiger partial charge is 0.391 e. The normalized spacial score (nSPS) is 23.7. The second-order valence-electron chi connectivity index (χ2n) is 5.34. The molecule has 0 radical (unpaired) electrons. The first-order valence-electron chi connectivity index (χ1n) is 7.28. The van der Waals surface area contributed by atoms with Gasteiger partial charge in [-0.25, -0.2) is 0 Å². The number of aliphatic hydroxyl groups excluding tert-OH is 1. The van der Waals surface area contributed by atoms with Crippen LogP contribution in [-0.4, -0.2) is 23.2 Å². The summed E-state index contributed by atoms with van der Waals surface area (Å²) in [6.45, 7) is 2.09. The van der Waals surface area contributed by atoms with Crippen LogP contribution in [0.15, 0.2) is 24.3 Å². The molecule has 1 amide bonds. The number of carbonyl (C=O) groups excluding carboxylic acids is 1. The van der Waals surface area contributed by atoms with Crippen LogP contribution in [0.4, 0.5) is 0 Å². The number of rotatable bonds is 3. The number of amides is 1. The van der Waals surface area contributed by atoms with E-state index < -0.39 is 6.10 Å². The smallest absolute Gasteiger partial charge is 0.251 e. The number of benzene rings is 1. The van der Waals surface area contributed by atoms with Crippen LogP contribution in [0, 0.1) is 0 Å². The lowest BCUT2D eigenvalue weighted by Crippen LogP contribution is -2.42. The second kappa shape index (κ2) is 6.71. The molecule has 0 spiro atoms. The average Bonchev–Trinajstić information content (AvgIpc) is 2.64. The first-order chi connectivity index (χ1) is 9.20. The van der Waals surface area contributed by atoms with Crippen molar-refractivity contribution in [3.05, 3.63) is 35.4 Å². The van der Waals surface area contributed by atoms with Gasteiger partial charge in [-0.15, -0.1) is 0 Å². The molecule has 2 unspecified atom stereocenters. The van der Waals surface area contributed by atoms with Crippen LogP contribution >= 0.6 is 0 Å². The first-order valence-corrected chi connectivity index (χ1v) is 7.28. The zero-order valence-corrected chi connectivity index (χ0v) is 11.6. The van der Waals surface area contributed by atoms with Gasteiger partial charge < -0.3 is 10.4 Å². The third-order valence-electron chi connectivity index (χ3n) is 3.92. The Morgan fingerprint density at radius 1 is 1.21 bits per heavy atom. The van der Waals surface area contributed by atoms with Gasteiger partial charge in [-0.1, -0.05) is 38.3 Å². The fraction of sp³-hybridized carbons (Fsp3) is 0.562. The van der Waals surface area contributed by atoms with Crippen LogP contribution < -0.4 is 5.32 Å². The zero-order valence-electron chi connectivity index (χ0n) is 11.6. The maximum absolute atomic E-state index is 12.1. The molecule has 2 rings (SSSR count). The molecule has 0 aliphatic heterocycles. The zero-order chi connectivity index (χ0) is 13.7. The lowest BCUT2D eigenvalue weighted by Gasteiger charge is -2.21. The minimum absolute atomic E-state index is 0.0754. The number of nitrogens with one attached hydrogen (secondary N) is 1. The Bertz CT molecular complexity index is 413. The van der Waals surface area contributed by atoms with Crippen molar-refractivity contribution in [3.63, 3.8) is 0 Å². The maximum Gasteiger partial charge on any atom is 0.251 e. The summed E-state index contributed by atoms with van der Waals surface area (Å²) in [6, 6.07) is 7.59. The highest BCUT2D eigenvalue weighted by molar-refractivity contribution is 5.94. The van der Waals surface area contributed by atoms with Gasteiger partial charge in [0.1, 0.15) is 0 Å². The van der Waals surface area contributed by atoms with Gasteiger partial charge >= 0.3 is 0 Å². The fourth-order valence-corrected chi connectivity index (χ4v) is 2.60. The maximum atomic E-state index is 12.1. The standard InChI is InChI=1S/C16H23NO2/c1-2-12-8-10-13(11-9-12)16(19)17-14-6-4-3-5-7-15(14)18/h8-11,14-15,18H,2-7H2,1H3,(H,17,19). The van der Waals surface area contributed by atoms with E-state index in [1.165, 1.54) is 5.56 Å². The Hall–Kier alpha value is -1.35. The first kappa shape index (κ1) is 14.1. The van der Waals surface area contributed by atoms with Gasteiger partial charge in [0.25, 0.3) is 5.91 Å². The highest BCUT2D eigenvalue weighted by atomic mass is 16.3. The minimum atomic E-state index is -0.402. The summed E-state index contributed by atoms with van der Waals surface area (Å²) < 4.78 is 0. The van der Waals surface area contributed by atoms with Crippen molar-refractivity contribution in [2.45, 2.75) is 57.6 Å². The molecule has 2 N–H and O–H groups in total. The molecule has 1 aliphatic rings. The van der Waals surface area contributed by atoms with Crippen LogP contribution in [0.25, 0.3) is 0 Å². The molecule has 1 saturated carbocycles. The van der Waals surface area contributed by atoms with Crippen molar-refractivity contribution >= 4 is 5.91 Å². The van der Waals surface area contributed by atoms with E-state index in [2.05, 4.69) is 12.2 Å². The molecule has 0 aromatic heterocycles. The van der Waals surface area contributed by atoms with E-state index in [0.717, 1.165) is 38.5 Å². The molecule has 19 heavy (non-hydrogen) atoms. The molecule has 3 heteroatoms. The van der Waals surface area contributed by atoms with E-state index >= 15 is 0 Å². The summed E-state index contributed by atoms with van der Waals surface area (Å²) in [5, 5.41) is 13.0. The summed E-state index contributed by atoms with van der Waals surface area (Å²) in [5.74, 6) is -0.0754. The molecule has 3 nitrogen and oxygen atoms in total. The molecule has 0 heterocycles. The van der Waals surface area contributed by atoms with Gasteiger partial charge in [0, 0.05) is 5.56 Å². The average molecular weight is 261 g/mol. The Morgan fingerprint density at radius 2 is 1.89 bits per heavy atom. The fourth-order valence-electron chi connectivity index (χ4n) is 2.60. The van der Waals surface area contributed by atoms with Gasteiger partial charge in [0.05, 0.1) is 12.1 Å². The summed E-state index contributed by atoms with van der Waals surface area (Å²) in [4.78, 5) is 12.1. The predicted molar refractivity (Wildman–Crippen MR) is 76.2 cm³/mol. The highest BCUT2D eigenvalue weighted by Crippen LogP contribution is 2.18. The Morgan fingerprint density at radius 3 is 2.58 bits per heavy atom. The molecule has 0 bridgehead atoms. The molecule has 0 saturated heterocycles. The minimum Gasteiger partial charge on any atom is -0.391 e. The Balaban J connectivity index is 1.98. The van der Waals surface area contributed by atoms with Crippen molar-refractivity contribution < 1.29 is 9.90 Å². The van der Waals surface area contributed by atoms with E-state index in [0.29, 0.717) is 5.56 Å². The van der Waals surface area contributed by atoms with Gasteiger partial charge in [-0.2, -0.15) is 0 Å². The van der Waals surface area contributed by atoms with E-state index in [-0.39, 0.29) is 11.9 Å². The van der Waals surface area contributed by atoms with Crippen molar-refractivity contribution in [1.82, 2.24) is 5.32 Å². The topological polar surface area (TPSA) is 49.3 Å². The van der Waals surface area contributed by atoms with Crippen molar-refractivity contribution in [3.8, 4) is 0 Å². The third-order valence-corrected chi connectivity index (χ3v) is 3.92. The van der Waals surface area contributed by atoms with Crippen molar-refractivity contribution in [2.24, 2.45) is 0 Å². The van der Waals surface area contributed by atoms with Crippen LogP contribution in [0.5, 0.6) is 0 Å². The number of carbonyl (C=O) groups is 1. The van der Waals surface area contributed by atoms with Crippen LogP contribution in [0.3, 0.4) is 0 Å². The van der Waals surface area contributed by atoms with Gasteiger partial charge in [-0.3, -0.25) is 4.79 Å². The summed E-state index contributed by atoms with van der Waals surface area (Å²) in [6.07, 6.45) is 5.52. The molecule has 1 aromatic rings. The number of aryl methyl sites for hydroxylation is 1. The van der Waals surface area contributed by atoms with Crippen LogP contribution in [0.2, 0.25) is 0 Å². The lowest BCUT2D eigenvalue weighted by molar-refractivity contribution is 0.0819. The number of hydrogen-bond donors (Lipinski definition) is 2. The van der Waals surface area contributed by atoms with E-state index in [1.807, 2.05) is 24.3 Å². The van der Waals surface area contributed by atoms with E-state index in [9.17, 15) is 9.90 Å². The van der Waals surface area contributed by atoms with Gasteiger partial charge in [-0.05, 0) is 37.0 Å². The third kappa shape index (κ3) is 3.80. The highest BCUT2D eigenvalue weighted by Gasteiger charge is 2.23. The van der Waals surface area contributed by atoms with E-state index in [4.69, 9.17) is 0 Å². The molecule has 1 aliphatic carbocycles. The quantitative estimate of drug-likeness (QED) is 0.822. The van der Waals surface area contributed by atoms with E-state index in [1.54, 1.807) is 0 Å². The molecule has 104 valence electrons. The molecular weight excluding hydrogens is 238 g/mol. The molecular formula is C16H23NO2. The Kier molecular flexibility index (Phi) is 4.97. The SMILES string of the molecule is CCc1ccc(C(=O)NC2CCCCCC2O)cc1. The van der Waals surface area contributed by atoms with Crippen LogP contribution in [-0.2, 0) is 6.42 Å². The van der Waals surface area contributed by atoms with Crippen molar-refractivity contribution in [1.29, 1.82) is 0 Å². The second-order valence-corrected chi connectivity index (χ2v) is 5.34. The van der Waals surface area contributed by atoms with Gasteiger partial charge in [0.2, 0.25) is 0 Å². The lowest BCUT2D eigenvalue weighted by atomic mass is 10.0.